The predicted octanol–water partition coefficient (Wildman–Crippen LogP) is 4.30. The van der Waals surface area contributed by atoms with Gasteiger partial charge in [0, 0.05) is 38.4 Å². The molecule has 1 saturated heterocycles. The third-order valence-electron chi connectivity index (χ3n) is 6.04. The third kappa shape index (κ3) is 6.03. The highest BCUT2D eigenvalue weighted by Gasteiger charge is 2.14. The second-order valence-electron chi connectivity index (χ2n) is 8.44. The minimum absolute atomic E-state index is 0.438. The number of nitrogens with zero attached hydrogens (tertiary/aromatic N) is 3. The molecule has 0 amide bonds. The maximum atomic E-state index is 5.99. The van der Waals surface area contributed by atoms with Crippen molar-refractivity contribution in [3.63, 3.8) is 0 Å². The lowest BCUT2D eigenvalue weighted by atomic mass is 9.99. The molecule has 0 saturated carbocycles. The molecule has 0 atom stereocenters. The lowest BCUT2D eigenvalue weighted by Crippen LogP contribution is -2.44. The van der Waals surface area contributed by atoms with Crippen molar-refractivity contribution in [3.05, 3.63) is 53.6 Å². The smallest absolute Gasteiger partial charge is 0.170 e. The van der Waals surface area contributed by atoms with E-state index in [0.717, 1.165) is 25.1 Å². The van der Waals surface area contributed by atoms with Crippen LogP contribution < -0.4 is 10.6 Å². The molecular weight excluding hydrogens is 388 g/mol. The largest absolute Gasteiger partial charge is 0.376 e. The van der Waals surface area contributed by atoms with Crippen LogP contribution in [0.5, 0.6) is 0 Å². The number of likely N-dealkylation sites (N-methyl/N-ethyl adjacent to an activating group) is 1. The van der Waals surface area contributed by atoms with Crippen LogP contribution in [-0.4, -0.2) is 61.2 Å². The Morgan fingerprint density at radius 2 is 1.70 bits per heavy atom. The first kappa shape index (κ1) is 22.7. The van der Waals surface area contributed by atoms with Crippen LogP contribution in [0, 0.1) is 6.92 Å². The second-order valence-corrected chi connectivity index (χ2v) is 8.85. The predicted molar refractivity (Wildman–Crippen MR) is 133 cm³/mol. The zero-order valence-corrected chi connectivity index (χ0v) is 19.5. The fourth-order valence-electron chi connectivity index (χ4n) is 4.09. The molecule has 0 spiro atoms. The Morgan fingerprint density at radius 1 is 1.03 bits per heavy atom. The Balaban J connectivity index is 1.63. The number of anilines is 1. The molecule has 4 nitrogen and oxygen atoms in total. The average Bonchev–Trinajstić information content (AvgIpc) is 2.74. The summed E-state index contributed by atoms with van der Waals surface area (Å²) in [5.74, 6) is 0. The van der Waals surface area contributed by atoms with Crippen molar-refractivity contribution < 1.29 is 0 Å². The topological polar surface area (TPSA) is 35.7 Å². The monoisotopic (exact) mass is 424 g/mol. The second kappa shape index (κ2) is 10.9. The quantitative estimate of drug-likeness (QED) is 0.639. The van der Waals surface area contributed by atoms with E-state index in [1.807, 2.05) is 4.90 Å². The van der Waals surface area contributed by atoms with Crippen molar-refractivity contribution in [1.29, 1.82) is 0 Å². The molecule has 1 heterocycles. The van der Waals surface area contributed by atoms with Gasteiger partial charge in [0.05, 0.1) is 0 Å². The summed E-state index contributed by atoms with van der Waals surface area (Å²) in [6.45, 7) is 11.1. The zero-order valence-electron chi connectivity index (χ0n) is 18.7. The van der Waals surface area contributed by atoms with Gasteiger partial charge in [0.15, 0.2) is 5.11 Å². The fraction of sp³-hybridized carbons (Fsp3) is 0.480. The molecule has 162 valence electrons. The number of benzene rings is 2. The molecule has 0 bridgehead atoms. The number of piperazine rings is 1. The van der Waals surface area contributed by atoms with E-state index in [4.69, 9.17) is 18.0 Å². The summed E-state index contributed by atoms with van der Waals surface area (Å²) >= 11 is 5.29. The van der Waals surface area contributed by atoms with Crippen LogP contribution in [0.1, 0.15) is 30.9 Å². The van der Waals surface area contributed by atoms with Gasteiger partial charge in [-0.15, -0.1) is 0 Å². The number of nitrogens with two attached hydrogens (primary N) is 1. The van der Waals surface area contributed by atoms with Gasteiger partial charge in [0.1, 0.15) is 0 Å². The maximum absolute atomic E-state index is 5.99. The van der Waals surface area contributed by atoms with E-state index in [-0.39, 0.29) is 0 Å². The van der Waals surface area contributed by atoms with Gasteiger partial charge >= 0.3 is 0 Å². The molecule has 2 aromatic carbocycles. The Hall–Kier alpha value is -1.95. The molecule has 0 aliphatic carbocycles. The summed E-state index contributed by atoms with van der Waals surface area (Å²) in [5, 5.41) is 0.438. The molecular formula is C25H36N4S. The van der Waals surface area contributed by atoms with Gasteiger partial charge in [-0.25, -0.2) is 0 Å². The van der Waals surface area contributed by atoms with Crippen molar-refractivity contribution in [2.24, 2.45) is 5.73 Å². The van der Waals surface area contributed by atoms with E-state index < -0.39 is 0 Å². The van der Waals surface area contributed by atoms with E-state index in [2.05, 4.69) is 73.2 Å². The highest BCUT2D eigenvalue weighted by atomic mass is 32.1. The van der Waals surface area contributed by atoms with Crippen LogP contribution in [-0.2, 0) is 6.42 Å². The summed E-state index contributed by atoms with van der Waals surface area (Å²) in [6, 6.07) is 15.6. The van der Waals surface area contributed by atoms with Gasteiger partial charge in [0.2, 0.25) is 0 Å². The Labute approximate surface area is 187 Å². The standard InChI is InChI=1S/C25H36N4S/c1-4-13-29(25(26)30)24-19-23(10-7-20(24)2)22-11-8-21(9-12-22)6-5-14-28-17-15-27(3)16-18-28/h7-12,19H,4-6,13-18H2,1-3H3,(H2,26,30). The number of hydrogen-bond acceptors (Lipinski definition) is 3. The van der Waals surface area contributed by atoms with Gasteiger partial charge in [-0.3, -0.25) is 0 Å². The van der Waals surface area contributed by atoms with Gasteiger partial charge in [-0.1, -0.05) is 43.3 Å². The Kier molecular flexibility index (Phi) is 8.25. The van der Waals surface area contributed by atoms with Gasteiger partial charge in [-0.05, 0) is 80.3 Å². The molecule has 3 rings (SSSR count). The summed E-state index contributed by atoms with van der Waals surface area (Å²) in [5.41, 5.74) is 12.1. The zero-order chi connectivity index (χ0) is 21.5. The first-order valence-electron chi connectivity index (χ1n) is 11.2. The van der Waals surface area contributed by atoms with Gasteiger partial charge < -0.3 is 20.4 Å². The van der Waals surface area contributed by atoms with Gasteiger partial charge in [-0.2, -0.15) is 0 Å². The number of hydrogen-bond donors (Lipinski definition) is 1. The van der Waals surface area contributed by atoms with E-state index >= 15 is 0 Å². The van der Waals surface area contributed by atoms with Crippen LogP contribution in [0.25, 0.3) is 11.1 Å². The third-order valence-corrected chi connectivity index (χ3v) is 6.26. The summed E-state index contributed by atoms with van der Waals surface area (Å²) in [4.78, 5) is 7.04. The van der Waals surface area contributed by atoms with Crippen LogP contribution in [0.3, 0.4) is 0 Å². The molecule has 2 N–H and O–H groups in total. The van der Waals surface area contributed by atoms with Crippen molar-refractivity contribution in [1.82, 2.24) is 9.80 Å². The Morgan fingerprint density at radius 3 is 2.33 bits per heavy atom. The number of aryl methyl sites for hydroxylation is 2. The Bertz CT molecular complexity index is 826. The molecule has 5 heteroatoms. The molecule has 30 heavy (non-hydrogen) atoms. The van der Waals surface area contributed by atoms with Crippen LogP contribution in [0.4, 0.5) is 5.69 Å². The van der Waals surface area contributed by atoms with Crippen LogP contribution in [0.15, 0.2) is 42.5 Å². The molecule has 1 aliphatic heterocycles. The van der Waals surface area contributed by atoms with Crippen molar-refractivity contribution in [3.8, 4) is 11.1 Å². The summed E-state index contributed by atoms with van der Waals surface area (Å²) in [6.07, 6.45) is 3.36. The van der Waals surface area contributed by atoms with Crippen molar-refractivity contribution in [2.75, 3.05) is 51.2 Å². The minimum atomic E-state index is 0.438. The summed E-state index contributed by atoms with van der Waals surface area (Å²) in [7, 11) is 2.21. The molecule has 0 unspecified atom stereocenters. The first-order valence-corrected chi connectivity index (χ1v) is 11.6. The molecule has 1 fully saturated rings. The van der Waals surface area contributed by atoms with E-state index in [0.29, 0.717) is 5.11 Å². The maximum Gasteiger partial charge on any atom is 0.170 e. The number of thiocarbonyl (C=S) groups is 1. The normalized spacial score (nSPS) is 15.3. The average molecular weight is 425 g/mol. The van der Waals surface area contributed by atoms with Crippen molar-refractivity contribution in [2.45, 2.75) is 33.1 Å². The van der Waals surface area contributed by atoms with E-state index in [1.54, 1.807) is 0 Å². The summed E-state index contributed by atoms with van der Waals surface area (Å²) < 4.78 is 0. The molecule has 1 aliphatic rings. The van der Waals surface area contributed by atoms with E-state index in [1.165, 1.54) is 61.4 Å². The van der Waals surface area contributed by atoms with E-state index in [9.17, 15) is 0 Å². The highest BCUT2D eigenvalue weighted by molar-refractivity contribution is 7.80. The SMILES string of the molecule is CCCN(C(N)=S)c1cc(-c2ccc(CCCN3CCN(C)CC3)cc2)ccc1C. The molecule has 0 radical (unpaired) electrons. The highest BCUT2D eigenvalue weighted by Crippen LogP contribution is 2.28. The van der Waals surface area contributed by atoms with Crippen molar-refractivity contribution >= 4 is 23.0 Å². The van der Waals surface area contributed by atoms with Gasteiger partial charge in [0.25, 0.3) is 0 Å². The number of rotatable bonds is 8. The lowest BCUT2D eigenvalue weighted by molar-refractivity contribution is 0.153. The molecule has 0 aromatic heterocycles. The fourth-order valence-corrected chi connectivity index (χ4v) is 4.28. The lowest BCUT2D eigenvalue weighted by Gasteiger charge is -2.32. The first-order chi connectivity index (χ1) is 14.5. The van der Waals surface area contributed by atoms with Crippen LogP contribution >= 0.6 is 12.2 Å². The molecule has 2 aromatic rings. The minimum Gasteiger partial charge on any atom is -0.376 e. The van der Waals surface area contributed by atoms with Crippen LogP contribution in [0.2, 0.25) is 0 Å².